The van der Waals surface area contributed by atoms with Gasteiger partial charge in [0.05, 0.1) is 11.5 Å². The van der Waals surface area contributed by atoms with Crippen LogP contribution in [0.5, 0.6) is 0 Å². The first-order valence-corrected chi connectivity index (χ1v) is 18.7. The van der Waals surface area contributed by atoms with Gasteiger partial charge in [0.15, 0.2) is 5.79 Å². The first kappa shape index (κ1) is 31.9. The number of Topliss-reactive ketones (excluding diaryl/α,β-unsaturated/α-hetero) is 1. The topological polar surface area (TPSA) is 87.0 Å². The Morgan fingerprint density at radius 3 is 2.53 bits per heavy atom. The third-order valence-electron chi connectivity index (χ3n) is 15.1. The molecule has 4 fully saturated rings. The summed E-state index contributed by atoms with van der Waals surface area (Å²) in [5.74, 6) is -2.66. The van der Waals surface area contributed by atoms with Gasteiger partial charge < -0.3 is 20.1 Å². The third-order valence-corrected chi connectivity index (χ3v) is 15.1. The highest BCUT2D eigenvalue weighted by atomic mass is 16.6. The Hall–Kier alpha value is -3.09. The van der Waals surface area contributed by atoms with Crippen LogP contribution in [0.3, 0.4) is 0 Å². The van der Waals surface area contributed by atoms with E-state index in [1.165, 1.54) is 55.9 Å². The van der Waals surface area contributed by atoms with E-state index in [1.54, 1.807) is 0 Å². The van der Waals surface area contributed by atoms with Crippen molar-refractivity contribution in [2.45, 2.75) is 101 Å². The summed E-state index contributed by atoms with van der Waals surface area (Å²) >= 11 is 0. The van der Waals surface area contributed by atoms with E-state index in [-0.39, 0.29) is 36.1 Å². The molecule has 5 nitrogen and oxygen atoms in total. The van der Waals surface area contributed by atoms with E-state index in [2.05, 4.69) is 74.2 Å². The van der Waals surface area contributed by atoms with Crippen molar-refractivity contribution in [2.24, 2.45) is 28.1 Å². The van der Waals surface area contributed by atoms with Gasteiger partial charge in [-0.1, -0.05) is 92.6 Å². The lowest BCUT2D eigenvalue weighted by Gasteiger charge is -2.48. The molecule has 0 heterocycles. The number of carbonyl (C=O) groups is 1. The van der Waals surface area contributed by atoms with Crippen LogP contribution in [0.2, 0.25) is 0 Å². The van der Waals surface area contributed by atoms with E-state index in [4.69, 9.17) is 4.74 Å². The van der Waals surface area contributed by atoms with Gasteiger partial charge in [-0.05, 0) is 107 Å². The van der Waals surface area contributed by atoms with Crippen LogP contribution >= 0.6 is 0 Å². The molecule has 3 N–H and O–H groups in total. The molecule has 3 aromatic rings. The van der Waals surface area contributed by atoms with Gasteiger partial charge in [-0.15, -0.1) is 0 Å². The standard InChI is InChI=1S/C44H50O5/c1-27-38-33(25-45)24-43(44(38,48)49-3)37(47)14-10-28-7-6-8-34(20-28)42(18-17-41(26-42)15-4-5-16-41)39-35-22-32-19-29(23-40(27,43)2)9-11-30(32)21-31(35)12-13-36(39)46/h6-9,11-13,19-22,33,36,38-39,45-46,48H,1,4-5,10,14-18,23-26H2,2-3H3. The molecule has 0 aromatic heterocycles. The first-order chi connectivity index (χ1) is 23.5. The predicted octanol–water partition coefficient (Wildman–Crippen LogP) is 7.58. The molecule has 0 radical (unpaired) electrons. The number of hydrogen-bond acceptors (Lipinski definition) is 5. The molecule has 3 aromatic carbocycles. The molecule has 7 bridgehead atoms. The predicted molar refractivity (Wildman–Crippen MR) is 192 cm³/mol. The second-order valence-electron chi connectivity index (χ2n) is 17.1. The summed E-state index contributed by atoms with van der Waals surface area (Å²) in [6, 6.07) is 20.1. The molecular formula is C44H50O5. The van der Waals surface area contributed by atoms with Crippen molar-refractivity contribution < 1.29 is 24.9 Å². The third kappa shape index (κ3) is 4.05. The summed E-state index contributed by atoms with van der Waals surface area (Å²) in [5.41, 5.74) is 4.75. The second kappa shape index (κ2) is 10.7. The minimum atomic E-state index is -1.74. The molecule has 9 rings (SSSR count). The van der Waals surface area contributed by atoms with Gasteiger partial charge in [-0.25, -0.2) is 0 Å². The first-order valence-electron chi connectivity index (χ1n) is 18.7. The van der Waals surface area contributed by atoms with Crippen LogP contribution in [0.1, 0.15) is 98.4 Å². The molecule has 49 heavy (non-hydrogen) atoms. The summed E-state index contributed by atoms with van der Waals surface area (Å²) < 4.78 is 6.01. The number of ether oxygens (including phenoxy) is 1. The zero-order valence-corrected chi connectivity index (χ0v) is 29.0. The van der Waals surface area contributed by atoms with Crippen molar-refractivity contribution in [3.8, 4) is 0 Å². The van der Waals surface area contributed by atoms with Crippen molar-refractivity contribution in [3.63, 3.8) is 0 Å². The zero-order chi connectivity index (χ0) is 34.0. The number of hydrogen-bond donors (Lipinski definition) is 3. The largest absolute Gasteiger partial charge is 0.396 e. The maximum Gasteiger partial charge on any atom is 0.185 e. The van der Waals surface area contributed by atoms with Crippen LogP contribution in [0.15, 0.2) is 72.8 Å². The highest BCUT2D eigenvalue weighted by Crippen LogP contribution is 2.74. The lowest BCUT2D eigenvalue weighted by Crippen LogP contribution is -2.56. The molecule has 3 spiro atoms. The van der Waals surface area contributed by atoms with E-state index >= 15 is 0 Å². The number of benzene rings is 3. The number of carbonyl (C=O) groups excluding carboxylic acids is 1. The van der Waals surface area contributed by atoms with Crippen LogP contribution in [0.25, 0.3) is 16.8 Å². The molecular weight excluding hydrogens is 608 g/mol. The molecule has 8 atom stereocenters. The Morgan fingerprint density at radius 2 is 1.76 bits per heavy atom. The van der Waals surface area contributed by atoms with E-state index in [1.807, 2.05) is 6.08 Å². The van der Waals surface area contributed by atoms with Gasteiger partial charge in [-0.2, -0.15) is 0 Å². The maximum absolute atomic E-state index is 15.0. The van der Waals surface area contributed by atoms with Crippen molar-refractivity contribution in [2.75, 3.05) is 13.7 Å². The lowest BCUT2D eigenvalue weighted by molar-refractivity contribution is -0.254. The van der Waals surface area contributed by atoms with Crippen LogP contribution < -0.4 is 0 Å². The number of aryl methyl sites for hydroxylation is 1. The SMILES string of the molecule is C=C1C2C(CO)CC3(C(=O)CCc4cccc(c4)C4(CCC5(CCCC5)C4)C4c5cc6cc(ccc6cc5C=CC4O)CC13C)C2(O)OC. The molecule has 0 aliphatic heterocycles. The monoisotopic (exact) mass is 658 g/mol. The fourth-order valence-electron chi connectivity index (χ4n) is 12.9. The molecule has 6 aliphatic rings. The summed E-state index contributed by atoms with van der Waals surface area (Å²) in [7, 11) is 1.50. The van der Waals surface area contributed by atoms with Gasteiger partial charge in [0.2, 0.25) is 0 Å². The zero-order valence-electron chi connectivity index (χ0n) is 29.0. The number of rotatable bonds is 2. The van der Waals surface area contributed by atoms with Crippen molar-refractivity contribution >= 4 is 22.6 Å². The maximum atomic E-state index is 15.0. The minimum Gasteiger partial charge on any atom is -0.396 e. The summed E-state index contributed by atoms with van der Waals surface area (Å²) in [5, 5.41) is 37.3. The number of aliphatic hydroxyl groups is 3. The van der Waals surface area contributed by atoms with E-state index in [0.29, 0.717) is 24.7 Å². The van der Waals surface area contributed by atoms with E-state index in [0.717, 1.165) is 40.3 Å². The Bertz CT molecular complexity index is 1920. The van der Waals surface area contributed by atoms with E-state index in [9.17, 15) is 20.1 Å². The Balaban J connectivity index is 1.27. The van der Waals surface area contributed by atoms with Crippen LogP contribution in [0.4, 0.5) is 0 Å². The highest BCUT2D eigenvalue weighted by molar-refractivity contribution is 5.90. The smallest absolute Gasteiger partial charge is 0.185 e. The molecule has 0 saturated heterocycles. The van der Waals surface area contributed by atoms with Gasteiger partial charge in [0.1, 0.15) is 5.78 Å². The molecule has 0 amide bonds. The molecule has 4 saturated carbocycles. The fourth-order valence-corrected chi connectivity index (χ4v) is 12.9. The van der Waals surface area contributed by atoms with Crippen molar-refractivity contribution in [1.82, 2.24) is 0 Å². The van der Waals surface area contributed by atoms with Crippen LogP contribution in [-0.4, -0.2) is 46.7 Å². The van der Waals surface area contributed by atoms with Crippen molar-refractivity contribution in [3.05, 3.63) is 101 Å². The van der Waals surface area contributed by atoms with Crippen molar-refractivity contribution in [1.29, 1.82) is 0 Å². The normalized spacial score (nSPS) is 38.9. The number of fused-ring (bicyclic) bond motifs is 6. The van der Waals surface area contributed by atoms with Crippen LogP contribution in [0, 0.1) is 28.1 Å². The van der Waals surface area contributed by atoms with Gasteiger partial charge in [0.25, 0.3) is 0 Å². The molecule has 8 unspecified atom stereocenters. The summed E-state index contributed by atoms with van der Waals surface area (Å²) in [6.07, 6.45) is 13.6. The minimum absolute atomic E-state index is 0.0162. The average Bonchev–Trinajstić information content (AvgIpc) is 3.83. The highest BCUT2D eigenvalue weighted by Gasteiger charge is 2.80. The Kier molecular flexibility index (Phi) is 6.96. The van der Waals surface area contributed by atoms with E-state index < -0.39 is 28.6 Å². The summed E-state index contributed by atoms with van der Waals surface area (Å²) in [6.45, 7) is 6.51. The fraction of sp³-hybridized carbons (Fsp3) is 0.523. The van der Waals surface area contributed by atoms with Gasteiger partial charge in [-0.3, -0.25) is 4.79 Å². The van der Waals surface area contributed by atoms with Gasteiger partial charge >= 0.3 is 0 Å². The Morgan fingerprint density at radius 1 is 0.939 bits per heavy atom. The summed E-state index contributed by atoms with van der Waals surface area (Å²) in [4.78, 5) is 15.0. The molecule has 256 valence electrons. The number of aliphatic hydroxyl groups excluding tert-OH is 2. The Labute approximate surface area is 290 Å². The van der Waals surface area contributed by atoms with Gasteiger partial charge in [0, 0.05) is 42.8 Å². The molecule has 6 aliphatic carbocycles. The average molecular weight is 659 g/mol. The second-order valence-corrected chi connectivity index (χ2v) is 17.1. The quantitative estimate of drug-likeness (QED) is 0.195. The van der Waals surface area contributed by atoms with Crippen LogP contribution in [-0.2, 0) is 27.8 Å². The molecule has 5 heteroatoms. The number of ketones is 1. The lowest BCUT2D eigenvalue weighted by atomic mass is 9.55. The number of methoxy groups -OCH3 is 1.